The Bertz CT molecular complexity index is 294. The monoisotopic (exact) mass is 191 g/mol. The van der Waals surface area contributed by atoms with Crippen molar-refractivity contribution in [1.29, 1.82) is 0 Å². The zero-order valence-electron chi connectivity index (χ0n) is 8.79. The number of nitrogens with one attached hydrogen (secondary N) is 1. The predicted octanol–water partition coefficient (Wildman–Crippen LogP) is 2.26. The third-order valence-corrected chi connectivity index (χ3v) is 2.65. The van der Waals surface area contributed by atoms with Crippen LogP contribution in [-0.4, -0.2) is 12.6 Å². The molecule has 0 aliphatic carbocycles. The molecule has 14 heavy (non-hydrogen) atoms. The van der Waals surface area contributed by atoms with Crippen molar-refractivity contribution in [2.75, 3.05) is 6.54 Å². The maximum Gasteiger partial charge on any atom is 0.134 e. The quantitative estimate of drug-likeness (QED) is 0.774. The fraction of sp³-hybridized carbons (Fsp3) is 0.500. The van der Waals surface area contributed by atoms with Gasteiger partial charge in [0.15, 0.2) is 0 Å². The van der Waals surface area contributed by atoms with E-state index in [-0.39, 0.29) is 6.23 Å². The smallest absolute Gasteiger partial charge is 0.134 e. The maximum absolute atomic E-state index is 5.71. The minimum Gasteiger partial charge on any atom is -0.355 e. The minimum atomic E-state index is 0.0934. The van der Waals surface area contributed by atoms with Crippen LogP contribution in [0.4, 0.5) is 0 Å². The Labute approximate surface area is 85.3 Å². The molecule has 0 spiro atoms. The highest BCUT2D eigenvalue weighted by Gasteiger charge is 2.21. The van der Waals surface area contributed by atoms with E-state index in [2.05, 4.69) is 43.4 Å². The molecular formula is C12H17NO. The Hall–Kier alpha value is -0.860. The van der Waals surface area contributed by atoms with Gasteiger partial charge >= 0.3 is 0 Å². The fourth-order valence-electron chi connectivity index (χ4n) is 1.73. The van der Waals surface area contributed by atoms with Gasteiger partial charge in [-0.2, -0.15) is 0 Å². The van der Waals surface area contributed by atoms with Crippen molar-refractivity contribution in [2.24, 2.45) is 0 Å². The van der Waals surface area contributed by atoms with Crippen molar-refractivity contribution in [2.45, 2.75) is 32.6 Å². The molecule has 1 aliphatic rings. The summed E-state index contributed by atoms with van der Waals surface area (Å²) in [7, 11) is 0. The predicted molar refractivity (Wildman–Crippen MR) is 57.1 cm³/mol. The second-order valence-corrected chi connectivity index (χ2v) is 3.83. The Morgan fingerprint density at radius 1 is 1.36 bits per heavy atom. The average molecular weight is 191 g/mol. The first-order valence-corrected chi connectivity index (χ1v) is 5.27. The van der Waals surface area contributed by atoms with E-state index in [1.165, 1.54) is 11.1 Å². The molecule has 1 heterocycles. The summed E-state index contributed by atoms with van der Waals surface area (Å²) in [6, 6.07) is 8.63. The van der Waals surface area contributed by atoms with E-state index >= 15 is 0 Å². The van der Waals surface area contributed by atoms with Gasteiger partial charge in [0, 0.05) is 6.54 Å². The van der Waals surface area contributed by atoms with Crippen LogP contribution in [0.5, 0.6) is 0 Å². The molecule has 2 unspecified atom stereocenters. The van der Waals surface area contributed by atoms with Gasteiger partial charge in [-0.3, -0.25) is 5.32 Å². The standard InChI is InChI=1S/C12H17NO/c1-3-10-4-6-11(7-5-10)12-13-8-9(2)14-12/h4-7,9,12-13H,3,8H2,1-2H3. The molecule has 1 N–H and O–H groups in total. The SMILES string of the molecule is CCc1ccc(C2NCC(C)O2)cc1. The van der Waals surface area contributed by atoms with Gasteiger partial charge in [-0.1, -0.05) is 31.2 Å². The van der Waals surface area contributed by atoms with E-state index in [4.69, 9.17) is 4.74 Å². The summed E-state index contributed by atoms with van der Waals surface area (Å²) in [5.41, 5.74) is 2.60. The van der Waals surface area contributed by atoms with Gasteiger partial charge in [0.05, 0.1) is 6.10 Å². The number of hydrogen-bond acceptors (Lipinski definition) is 2. The summed E-state index contributed by atoms with van der Waals surface area (Å²) in [5, 5.41) is 3.34. The summed E-state index contributed by atoms with van der Waals surface area (Å²) >= 11 is 0. The van der Waals surface area contributed by atoms with E-state index < -0.39 is 0 Å². The summed E-state index contributed by atoms with van der Waals surface area (Å²) < 4.78 is 5.71. The van der Waals surface area contributed by atoms with Crippen molar-refractivity contribution in [3.8, 4) is 0 Å². The second kappa shape index (κ2) is 4.11. The van der Waals surface area contributed by atoms with Crippen LogP contribution in [0.3, 0.4) is 0 Å². The van der Waals surface area contributed by atoms with Gasteiger partial charge in [0.25, 0.3) is 0 Å². The Balaban J connectivity index is 2.09. The van der Waals surface area contributed by atoms with E-state index in [1.807, 2.05) is 0 Å². The summed E-state index contributed by atoms with van der Waals surface area (Å²) in [4.78, 5) is 0. The highest BCUT2D eigenvalue weighted by molar-refractivity contribution is 5.24. The molecule has 2 rings (SSSR count). The molecule has 0 aromatic heterocycles. The minimum absolute atomic E-state index is 0.0934. The number of rotatable bonds is 2. The molecule has 1 aromatic carbocycles. The van der Waals surface area contributed by atoms with Crippen molar-refractivity contribution in [3.05, 3.63) is 35.4 Å². The van der Waals surface area contributed by atoms with Crippen LogP contribution in [0.15, 0.2) is 24.3 Å². The molecule has 1 saturated heterocycles. The van der Waals surface area contributed by atoms with Crippen LogP contribution < -0.4 is 5.32 Å². The van der Waals surface area contributed by atoms with Gasteiger partial charge in [-0.15, -0.1) is 0 Å². The third-order valence-electron chi connectivity index (χ3n) is 2.65. The first-order chi connectivity index (χ1) is 6.79. The second-order valence-electron chi connectivity index (χ2n) is 3.83. The number of benzene rings is 1. The lowest BCUT2D eigenvalue weighted by Crippen LogP contribution is -2.14. The normalized spacial score (nSPS) is 26.7. The number of hydrogen-bond donors (Lipinski definition) is 1. The average Bonchev–Trinajstić information content (AvgIpc) is 2.65. The van der Waals surface area contributed by atoms with Gasteiger partial charge in [0.1, 0.15) is 6.23 Å². The highest BCUT2D eigenvalue weighted by atomic mass is 16.5. The molecule has 1 fully saturated rings. The zero-order chi connectivity index (χ0) is 9.97. The lowest BCUT2D eigenvalue weighted by atomic mass is 10.1. The summed E-state index contributed by atoms with van der Waals surface area (Å²) in [6.07, 6.45) is 1.51. The first-order valence-electron chi connectivity index (χ1n) is 5.27. The van der Waals surface area contributed by atoms with E-state index in [0.717, 1.165) is 13.0 Å². The van der Waals surface area contributed by atoms with Crippen LogP contribution in [0.2, 0.25) is 0 Å². The van der Waals surface area contributed by atoms with E-state index in [1.54, 1.807) is 0 Å². The Morgan fingerprint density at radius 2 is 2.07 bits per heavy atom. The lowest BCUT2D eigenvalue weighted by molar-refractivity contribution is 0.0510. The van der Waals surface area contributed by atoms with Crippen molar-refractivity contribution in [3.63, 3.8) is 0 Å². The Morgan fingerprint density at radius 3 is 2.57 bits per heavy atom. The number of ether oxygens (including phenoxy) is 1. The van der Waals surface area contributed by atoms with Gasteiger partial charge in [-0.05, 0) is 24.5 Å². The molecule has 1 aromatic rings. The first kappa shape index (κ1) is 9.69. The van der Waals surface area contributed by atoms with Crippen molar-refractivity contribution >= 4 is 0 Å². The third kappa shape index (κ3) is 1.97. The lowest BCUT2D eigenvalue weighted by Gasteiger charge is -2.11. The largest absolute Gasteiger partial charge is 0.355 e. The van der Waals surface area contributed by atoms with E-state index in [0.29, 0.717) is 6.10 Å². The van der Waals surface area contributed by atoms with Crippen LogP contribution in [0.1, 0.15) is 31.2 Å². The topological polar surface area (TPSA) is 21.3 Å². The number of aryl methyl sites for hydroxylation is 1. The van der Waals surface area contributed by atoms with Crippen LogP contribution >= 0.6 is 0 Å². The van der Waals surface area contributed by atoms with Crippen LogP contribution in [0.25, 0.3) is 0 Å². The molecule has 0 amide bonds. The molecule has 0 saturated carbocycles. The molecule has 2 atom stereocenters. The van der Waals surface area contributed by atoms with Crippen molar-refractivity contribution in [1.82, 2.24) is 5.32 Å². The molecule has 0 radical (unpaired) electrons. The fourth-order valence-corrected chi connectivity index (χ4v) is 1.73. The molecule has 1 aliphatic heterocycles. The van der Waals surface area contributed by atoms with Gasteiger partial charge in [-0.25, -0.2) is 0 Å². The molecule has 2 nitrogen and oxygen atoms in total. The molecule has 0 bridgehead atoms. The van der Waals surface area contributed by atoms with Crippen LogP contribution in [0, 0.1) is 0 Å². The molecule has 76 valence electrons. The molecule has 2 heteroatoms. The van der Waals surface area contributed by atoms with E-state index in [9.17, 15) is 0 Å². The highest BCUT2D eigenvalue weighted by Crippen LogP contribution is 2.21. The zero-order valence-corrected chi connectivity index (χ0v) is 8.79. The van der Waals surface area contributed by atoms with Gasteiger partial charge < -0.3 is 4.74 Å². The summed E-state index contributed by atoms with van der Waals surface area (Å²) in [6.45, 7) is 5.20. The Kier molecular flexibility index (Phi) is 2.85. The van der Waals surface area contributed by atoms with Gasteiger partial charge in [0.2, 0.25) is 0 Å². The summed E-state index contributed by atoms with van der Waals surface area (Å²) in [5.74, 6) is 0. The maximum atomic E-state index is 5.71. The van der Waals surface area contributed by atoms with Crippen molar-refractivity contribution < 1.29 is 4.74 Å². The van der Waals surface area contributed by atoms with Crippen LogP contribution in [-0.2, 0) is 11.2 Å². The molecular weight excluding hydrogens is 174 g/mol.